The Labute approximate surface area is 161 Å². The summed E-state index contributed by atoms with van der Waals surface area (Å²) in [5.74, 6) is -0.439. The first-order valence-corrected chi connectivity index (χ1v) is 9.36. The molecule has 1 unspecified atom stereocenters. The number of para-hydroxylation sites is 2. The lowest BCUT2D eigenvalue weighted by Crippen LogP contribution is -2.49. The highest BCUT2D eigenvalue weighted by molar-refractivity contribution is 6.31. The Morgan fingerprint density at radius 2 is 1.96 bits per heavy atom. The number of oxazole rings is 1. The van der Waals surface area contributed by atoms with Crippen molar-refractivity contribution in [3.8, 4) is 0 Å². The SMILES string of the molecule is O=C(CCn1c(=O)oc2ccccc21)N1CCNCC1c1ccccc1Cl. The number of nitrogens with zero attached hydrogens (tertiary/aromatic N) is 2. The van der Waals surface area contributed by atoms with E-state index in [1.54, 1.807) is 6.07 Å². The first-order valence-electron chi connectivity index (χ1n) is 8.98. The van der Waals surface area contributed by atoms with E-state index < -0.39 is 5.76 Å². The van der Waals surface area contributed by atoms with Gasteiger partial charge < -0.3 is 14.6 Å². The summed E-state index contributed by atoms with van der Waals surface area (Å²) >= 11 is 6.35. The molecular weight excluding hydrogens is 366 g/mol. The summed E-state index contributed by atoms with van der Waals surface area (Å²) < 4.78 is 6.75. The van der Waals surface area contributed by atoms with E-state index in [9.17, 15) is 9.59 Å². The molecule has 1 aliphatic rings. The second-order valence-corrected chi connectivity index (χ2v) is 6.97. The zero-order valence-corrected chi connectivity index (χ0v) is 15.5. The Bertz CT molecular complexity index is 1030. The van der Waals surface area contributed by atoms with Crippen molar-refractivity contribution in [1.82, 2.24) is 14.8 Å². The van der Waals surface area contributed by atoms with Crippen molar-refractivity contribution in [3.05, 3.63) is 69.7 Å². The molecule has 6 nitrogen and oxygen atoms in total. The van der Waals surface area contributed by atoms with E-state index in [0.29, 0.717) is 29.2 Å². The summed E-state index contributed by atoms with van der Waals surface area (Å²) in [6, 6.07) is 14.7. The van der Waals surface area contributed by atoms with E-state index in [2.05, 4.69) is 5.32 Å². The van der Waals surface area contributed by atoms with Crippen LogP contribution in [0.1, 0.15) is 18.0 Å². The summed E-state index contributed by atoms with van der Waals surface area (Å²) in [4.78, 5) is 26.9. The van der Waals surface area contributed by atoms with Gasteiger partial charge in [-0.25, -0.2) is 4.79 Å². The molecule has 27 heavy (non-hydrogen) atoms. The Morgan fingerprint density at radius 3 is 2.81 bits per heavy atom. The van der Waals surface area contributed by atoms with Crippen molar-refractivity contribution in [2.75, 3.05) is 19.6 Å². The Kier molecular flexibility index (Phi) is 5.01. The molecular formula is C20H20ClN3O3. The molecule has 0 aliphatic carbocycles. The van der Waals surface area contributed by atoms with Gasteiger partial charge in [0.2, 0.25) is 5.91 Å². The largest absolute Gasteiger partial charge is 0.419 e. The van der Waals surface area contributed by atoms with Crippen LogP contribution in [0.25, 0.3) is 11.1 Å². The lowest BCUT2D eigenvalue weighted by Gasteiger charge is -2.37. The van der Waals surface area contributed by atoms with Crippen LogP contribution in [0.15, 0.2) is 57.7 Å². The van der Waals surface area contributed by atoms with Crippen LogP contribution >= 0.6 is 11.6 Å². The minimum atomic E-state index is -0.438. The second kappa shape index (κ2) is 7.58. The molecule has 0 bridgehead atoms. The average molecular weight is 386 g/mol. The van der Waals surface area contributed by atoms with Gasteiger partial charge in [0.15, 0.2) is 5.58 Å². The fourth-order valence-corrected chi connectivity index (χ4v) is 3.86. The van der Waals surface area contributed by atoms with Gasteiger partial charge in [-0.1, -0.05) is 41.9 Å². The van der Waals surface area contributed by atoms with E-state index in [4.69, 9.17) is 16.0 Å². The highest BCUT2D eigenvalue weighted by Gasteiger charge is 2.29. The van der Waals surface area contributed by atoms with Gasteiger partial charge in [0.25, 0.3) is 0 Å². The average Bonchev–Trinajstić information content (AvgIpc) is 3.01. The van der Waals surface area contributed by atoms with Crippen LogP contribution in [0, 0.1) is 0 Å². The Balaban J connectivity index is 1.53. The van der Waals surface area contributed by atoms with Gasteiger partial charge in [0.05, 0.1) is 11.6 Å². The van der Waals surface area contributed by atoms with E-state index in [-0.39, 0.29) is 24.9 Å². The third-order valence-corrected chi connectivity index (χ3v) is 5.30. The topological polar surface area (TPSA) is 67.5 Å². The van der Waals surface area contributed by atoms with E-state index in [1.165, 1.54) is 4.57 Å². The highest BCUT2D eigenvalue weighted by Crippen LogP contribution is 2.29. The second-order valence-electron chi connectivity index (χ2n) is 6.57. The van der Waals surface area contributed by atoms with Gasteiger partial charge in [0.1, 0.15) is 0 Å². The molecule has 1 fully saturated rings. The van der Waals surface area contributed by atoms with Crippen LogP contribution in [0.4, 0.5) is 0 Å². The van der Waals surface area contributed by atoms with E-state index in [1.807, 2.05) is 47.4 Å². The standard InChI is InChI=1S/C20H20ClN3O3/c21-15-6-2-1-5-14(15)17-13-22-10-12-23(17)19(25)9-11-24-16-7-3-4-8-18(16)27-20(24)26/h1-8,17,22H,9-13H2. The number of halogens is 1. The van der Waals surface area contributed by atoms with Crippen molar-refractivity contribution >= 4 is 28.6 Å². The van der Waals surface area contributed by atoms with Gasteiger partial charge in [-0.15, -0.1) is 0 Å². The smallest absolute Gasteiger partial charge is 0.408 e. The molecule has 4 rings (SSSR count). The number of nitrogens with one attached hydrogen (secondary N) is 1. The molecule has 1 N–H and O–H groups in total. The monoisotopic (exact) mass is 385 g/mol. The first-order chi connectivity index (χ1) is 13.1. The quantitative estimate of drug-likeness (QED) is 0.750. The Morgan fingerprint density at radius 1 is 1.19 bits per heavy atom. The molecule has 2 heterocycles. The maximum absolute atomic E-state index is 12.9. The molecule has 1 aromatic heterocycles. The van der Waals surface area contributed by atoms with E-state index >= 15 is 0 Å². The number of hydrogen-bond acceptors (Lipinski definition) is 4. The van der Waals surface area contributed by atoms with Crippen molar-refractivity contribution in [1.29, 1.82) is 0 Å². The molecule has 0 radical (unpaired) electrons. The fourth-order valence-electron chi connectivity index (χ4n) is 3.60. The van der Waals surface area contributed by atoms with Gasteiger partial charge in [-0.05, 0) is 23.8 Å². The normalized spacial score (nSPS) is 17.4. The van der Waals surface area contributed by atoms with Crippen LogP contribution in [0.5, 0.6) is 0 Å². The molecule has 7 heteroatoms. The number of amides is 1. The predicted molar refractivity (Wildman–Crippen MR) is 104 cm³/mol. The molecule has 0 saturated carbocycles. The van der Waals surface area contributed by atoms with Gasteiger partial charge >= 0.3 is 5.76 Å². The van der Waals surface area contributed by atoms with Gasteiger partial charge in [-0.2, -0.15) is 0 Å². The number of carbonyl (C=O) groups excluding carboxylic acids is 1. The lowest BCUT2D eigenvalue weighted by atomic mass is 10.0. The van der Waals surface area contributed by atoms with Crippen molar-refractivity contribution in [3.63, 3.8) is 0 Å². The van der Waals surface area contributed by atoms with Crippen LogP contribution in [-0.2, 0) is 11.3 Å². The number of carbonyl (C=O) groups is 1. The predicted octanol–water partition coefficient (Wildman–Crippen LogP) is 2.81. The summed E-state index contributed by atoms with van der Waals surface area (Å²) in [7, 11) is 0. The first kappa shape index (κ1) is 17.8. The number of rotatable bonds is 4. The summed E-state index contributed by atoms with van der Waals surface area (Å²) in [6.07, 6.45) is 0.227. The molecule has 1 aliphatic heterocycles. The maximum Gasteiger partial charge on any atom is 0.419 e. The third-order valence-electron chi connectivity index (χ3n) is 4.95. The number of aromatic nitrogens is 1. The zero-order valence-electron chi connectivity index (χ0n) is 14.7. The van der Waals surface area contributed by atoms with Gasteiger partial charge in [-0.3, -0.25) is 9.36 Å². The Hall–Kier alpha value is -2.57. The maximum atomic E-state index is 12.9. The summed E-state index contributed by atoms with van der Waals surface area (Å²) in [5, 5.41) is 3.98. The number of aryl methyl sites for hydroxylation is 1. The molecule has 1 atom stereocenters. The molecule has 140 valence electrons. The molecule has 3 aromatic rings. The van der Waals surface area contributed by atoms with Crippen LogP contribution < -0.4 is 11.1 Å². The number of hydrogen-bond donors (Lipinski definition) is 1. The molecule has 0 spiro atoms. The zero-order chi connectivity index (χ0) is 18.8. The number of benzene rings is 2. The van der Waals surface area contributed by atoms with Crippen LogP contribution in [-0.4, -0.2) is 35.0 Å². The third kappa shape index (κ3) is 3.50. The highest BCUT2D eigenvalue weighted by atomic mass is 35.5. The molecule has 1 saturated heterocycles. The van der Waals surface area contributed by atoms with E-state index in [0.717, 1.165) is 12.1 Å². The summed E-state index contributed by atoms with van der Waals surface area (Å²) in [5.41, 5.74) is 2.18. The fraction of sp³-hybridized carbons (Fsp3) is 0.300. The van der Waals surface area contributed by atoms with Crippen LogP contribution in [0.3, 0.4) is 0 Å². The van der Waals surface area contributed by atoms with Crippen molar-refractivity contribution in [2.45, 2.75) is 19.0 Å². The van der Waals surface area contributed by atoms with Crippen molar-refractivity contribution in [2.24, 2.45) is 0 Å². The summed E-state index contributed by atoms with van der Waals surface area (Å²) in [6.45, 7) is 2.29. The van der Waals surface area contributed by atoms with Gasteiger partial charge in [0, 0.05) is 37.6 Å². The molecule has 1 amide bonds. The minimum absolute atomic E-state index is 0.00130. The molecule has 2 aromatic carbocycles. The lowest BCUT2D eigenvalue weighted by molar-refractivity contribution is -0.134. The minimum Gasteiger partial charge on any atom is -0.408 e. The number of piperazine rings is 1. The van der Waals surface area contributed by atoms with Crippen LogP contribution in [0.2, 0.25) is 5.02 Å². The van der Waals surface area contributed by atoms with Crippen molar-refractivity contribution < 1.29 is 9.21 Å². The number of fused-ring (bicyclic) bond motifs is 1.